The second kappa shape index (κ2) is 2.84. The van der Waals surface area contributed by atoms with Crippen molar-refractivity contribution >= 4 is 10.9 Å². The molecule has 2 heteroatoms. The van der Waals surface area contributed by atoms with Gasteiger partial charge in [-0.15, -0.1) is 0 Å². The number of aromatic nitrogens is 2. The first-order valence-corrected chi connectivity index (χ1v) is 5.35. The molecule has 1 aliphatic rings. The Morgan fingerprint density at radius 1 is 1.50 bits per heavy atom. The lowest BCUT2D eigenvalue weighted by Gasteiger charge is -1.99. The maximum absolute atomic E-state index is 4.49. The average Bonchev–Trinajstić information content (AvgIpc) is 2.97. The van der Waals surface area contributed by atoms with Gasteiger partial charge in [-0.1, -0.05) is 6.92 Å². The van der Waals surface area contributed by atoms with Crippen LogP contribution in [0, 0.1) is 0 Å². The summed E-state index contributed by atoms with van der Waals surface area (Å²) < 4.78 is 0. The van der Waals surface area contributed by atoms with Crippen LogP contribution < -0.4 is 0 Å². The van der Waals surface area contributed by atoms with Crippen molar-refractivity contribution in [2.45, 2.75) is 32.1 Å². The molecule has 0 spiro atoms. The standard InChI is InChI=1S/C12H14N2/c1-2-8-7-14-12-10(8)5-6-13-11(12)9-3-4-9/h5-7,9,14H,2-4H2,1H3. The van der Waals surface area contributed by atoms with Crippen LogP contribution in [-0.4, -0.2) is 9.97 Å². The number of H-pyrrole nitrogens is 1. The lowest BCUT2D eigenvalue weighted by Crippen LogP contribution is -1.87. The molecule has 0 atom stereocenters. The van der Waals surface area contributed by atoms with E-state index in [1.54, 1.807) is 0 Å². The quantitative estimate of drug-likeness (QED) is 0.767. The molecule has 2 heterocycles. The molecule has 72 valence electrons. The summed E-state index contributed by atoms with van der Waals surface area (Å²) >= 11 is 0. The molecule has 0 aromatic carbocycles. The Balaban J connectivity index is 2.26. The zero-order valence-electron chi connectivity index (χ0n) is 8.38. The summed E-state index contributed by atoms with van der Waals surface area (Å²) in [5.74, 6) is 0.724. The number of rotatable bonds is 2. The van der Waals surface area contributed by atoms with Gasteiger partial charge in [-0.3, -0.25) is 4.98 Å². The zero-order chi connectivity index (χ0) is 9.54. The maximum atomic E-state index is 4.49. The molecule has 1 saturated carbocycles. The predicted molar refractivity (Wildman–Crippen MR) is 57.4 cm³/mol. The highest BCUT2D eigenvalue weighted by molar-refractivity contribution is 5.85. The van der Waals surface area contributed by atoms with Crippen molar-refractivity contribution in [2.24, 2.45) is 0 Å². The summed E-state index contributed by atoms with van der Waals surface area (Å²) in [6, 6.07) is 2.12. The van der Waals surface area contributed by atoms with E-state index in [0.29, 0.717) is 0 Å². The minimum atomic E-state index is 0.724. The van der Waals surface area contributed by atoms with Crippen LogP contribution in [0.5, 0.6) is 0 Å². The first kappa shape index (κ1) is 8.04. The second-order valence-corrected chi connectivity index (χ2v) is 4.06. The summed E-state index contributed by atoms with van der Waals surface area (Å²) in [5, 5.41) is 1.37. The third-order valence-electron chi connectivity index (χ3n) is 3.06. The van der Waals surface area contributed by atoms with Crippen LogP contribution in [0.4, 0.5) is 0 Å². The van der Waals surface area contributed by atoms with Crippen molar-refractivity contribution in [1.82, 2.24) is 9.97 Å². The maximum Gasteiger partial charge on any atom is 0.0678 e. The summed E-state index contributed by atoms with van der Waals surface area (Å²) in [5.41, 5.74) is 3.96. The molecule has 2 aromatic heterocycles. The van der Waals surface area contributed by atoms with E-state index in [4.69, 9.17) is 0 Å². The van der Waals surface area contributed by atoms with Gasteiger partial charge in [0.05, 0.1) is 11.2 Å². The normalized spacial score (nSPS) is 16.4. The Labute approximate surface area is 83.4 Å². The third-order valence-corrected chi connectivity index (χ3v) is 3.06. The van der Waals surface area contributed by atoms with E-state index in [1.165, 1.54) is 35.0 Å². The fourth-order valence-corrected chi connectivity index (χ4v) is 2.09. The molecule has 3 rings (SSSR count). The molecule has 1 aliphatic carbocycles. The number of aromatic amines is 1. The van der Waals surface area contributed by atoms with Gasteiger partial charge >= 0.3 is 0 Å². The monoisotopic (exact) mass is 186 g/mol. The van der Waals surface area contributed by atoms with Gasteiger partial charge in [0, 0.05) is 23.7 Å². The smallest absolute Gasteiger partial charge is 0.0678 e. The molecule has 0 aliphatic heterocycles. The minimum Gasteiger partial charge on any atom is -0.359 e. The Kier molecular flexibility index (Phi) is 1.63. The SMILES string of the molecule is CCc1c[nH]c2c(C3CC3)nccc12. The zero-order valence-corrected chi connectivity index (χ0v) is 8.38. The highest BCUT2D eigenvalue weighted by Gasteiger charge is 2.27. The van der Waals surface area contributed by atoms with Crippen LogP contribution in [0.15, 0.2) is 18.5 Å². The Morgan fingerprint density at radius 2 is 2.36 bits per heavy atom. The van der Waals surface area contributed by atoms with E-state index in [2.05, 4.69) is 29.2 Å². The van der Waals surface area contributed by atoms with Crippen LogP contribution in [0.2, 0.25) is 0 Å². The van der Waals surface area contributed by atoms with Crippen molar-refractivity contribution in [3.8, 4) is 0 Å². The van der Waals surface area contributed by atoms with Crippen molar-refractivity contribution < 1.29 is 0 Å². The number of aryl methyl sites for hydroxylation is 1. The predicted octanol–water partition coefficient (Wildman–Crippen LogP) is 3.00. The molecular formula is C12H14N2. The molecule has 1 fully saturated rings. The van der Waals surface area contributed by atoms with Crippen LogP contribution in [0.3, 0.4) is 0 Å². The van der Waals surface area contributed by atoms with Gasteiger partial charge in [0.25, 0.3) is 0 Å². The molecule has 1 N–H and O–H groups in total. The molecule has 0 bridgehead atoms. The van der Waals surface area contributed by atoms with E-state index in [-0.39, 0.29) is 0 Å². The summed E-state index contributed by atoms with van der Waals surface area (Å²) in [6.45, 7) is 2.19. The van der Waals surface area contributed by atoms with Crippen molar-refractivity contribution in [2.75, 3.05) is 0 Å². The Hall–Kier alpha value is -1.31. The summed E-state index contributed by atoms with van der Waals surface area (Å²) in [6.07, 6.45) is 7.79. The van der Waals surface area contributed by atoms with Crippen molar-refractivity contribution in [1.29, 1.82) is 0 Å². The van der Waals surface area contributed by atoms with Crippen LogP contribution in [0.25, 0.3) is 10.9 Å². The van der Waals surface area contributed by atoms with E-state index < -0.39 is 0 Å². The molecule has 14 heavy (non-hydrogen) atoms. The fourth-order valence-electron chi connectivity index (χ4n) is 2.09. The van der Waals surface area contributed by atoms with Gasteiger partial charge in [-0.25, -0.2) is 0 Å². The second-order valence-electron chi connectivity index (χ2n) is 4.06. The van der Waals surface area contributed by atoms with Crippen LogP contribution in [-0.2, 0) is 6.42 Å². The van der Waals surface area contributed by atoms with E-state index >= 15 is 0 Å². The number of fused-ring (bicyclic) bond motifs is 1. The van der Waals surface area contributed by atoms with Crippen LogP contribution in [0.1, 0.15) is 36.9 Å². The highest BCUT2D eigenvalue weighted by atomic mass is 14.8. The van der Waals surface area contributed by atoms with Gasteiger partial charge in [0.2, 0.25) is 0 Å². The topological polar surface area (TPSA) is 28.7 Å². The number of hydrogen-bond acceptors (Lipinski definition) is 1. The largest absolute Gasteiger partial charge is 0.359 e. The van der Waals surface area contributed by atoms with Crippen molar-refractivity contribution in [3.05, 3.63) is 29.7 Å². The molecule has 2 nitrogen and oxygen atoms in total. The van der Waals surface area contributed by atoms with Crippen molar-refractivity contribution in [3.63, 3.8) is 0 Å². The lowest BCUT2D eigenvalue weighted by atomic mass is 10.1. The number of pyridine rings is 1. The van der Waals surface area contributed by atoms with Gasteiger partial charge in [-0.05, 0) is 30.9 Å². The fraction of sp³-hybridized carbons (Fsp3) is 0.417. The van der Waals surface area contributed by atoms with Crippen LogP contribution >= 0.6 is 0 Å². The van der Waals surface area contributed by atoms with Gasteiger partial charge < -0.3 is 4.98 Å². The summed E-state index contributed by atoms with van der Waals surface area (Å²) in [7, 11) is 0. The number of nitrogens with one attached hydrogen (secondary N) is 1. The molecular weight excluding hydrogens is 172 g/mol. The van der Waals surface area contributed by atoms with Gasteiger partial charge in [0.15, 0.2) is 0 Å². The molecule has 0 amide bonds. The molecule has 0 saturated heterocycles. The minimum absolute atomic E-state index is 0.724. The molecule has 2 aromatic rings. The average molecular weight is 186 g/mol. The lowest BCUT2D eigenvalue weighted by molar-refractivity contribution is 1.04. The molecule has 0 unspecified atom stereocenters. The number of nitrogens with zero attached hydrogens (tertiary/aromatic N) is 1. The third kappa shape index (κ3) is 1.07. The first-order chi connectivity index (χ1) is 6.90. The van der Waals surface area contributed by atoms with Gasteiger partial charge in [0.1, 0.15) is 0 Å². The first-order valence-electron chi connectivity index (χ1n) is 5.35. The van der Waals surface area contributed by atoms with Gasteiger partial charge in [-0.2, -0.15) is 0 Å². The highest BCUT2D eigenvalue weighted by Crippen LogP contribution is 2.41. The van der Waals surface area contributed by atoms with E-state index in [9.17, 15) is 0 Å². The summed E-state index contributed by atoms with van der Waals surface area (Å²) in [4.78, 5) is 7.85. The Morgan fingerprint density at radius 3 is 3.07 bits per heavy atom. The molecule has 0 radical (unpaired) electrons. The van der Waals surface area contributed by atoms with E-state index in [1.807, 2.05) is 6.20 Å². The Bertz CT molecular complexity index is 466. The number of hydrogen-bond donors (Lipinski definition) is 1. The van der Waals surface area contributed by atoms with E-state index in [0.717, 1.165) is 12.3 Å².